The van der Waals surface area contributed by atoms with Crippen molar-refractivity contribution in [3.8, 4) is 0 Å². The van der Waals surface area contributed by atoms with E-state index in [2.05, 4.69) is 17.1 Å². The zero-order valence-electron chi connectivity index (χ0n) is 15.8. The second kappa shape index (κ2) is 7.85. The molecule has 1 aliphatic carbocycles. The van der Waals surface area contributed by atoms with Crippen LogP contribution in [0.1, 0.15) is 37.7 Å². The highest BCUT2D eigenvalue weighted by atomic mass is 16.3. The predicted molar refractivity (Wildman–Crippen MR) is 104 cm³/mol. The summed E-state index contributed by atoms with van der Waals surface area (Å²) < 4.78 is 2.02. The largest absolute Gasteiger partial charge is 0.393 e. The van der Waals surface area contributed by atoms with E-state index >= 15 is 0 Å². The number of rotatable bonds is 7. The highest BCUT2D eigenvalue weighted by Gasteiger charge is 2.52. The first-order chi connectivity index (χ1) is 13.2. The molecule has 2 fully saturated rings. The number of likely N-dealkylation sites (tertiary alicyclic amines) is 1. The Morgan fingerprint density at radius 1 is 1.22 bits per heavy atom. The first-order valence-electron chi connectivity index (χ1n) is 10.1. The Morgan fingerprint density at radius 2 is 1.96 bits per heavy atom. The Morgan fingerprint density at radius 3 is 2.59 bits per heavy atom. The summed E-state index contributed by atoms with van der Waals surface area (Å²) in [6.45, 7) is 2.29. The van der Waals surface area contributed by atoms with E-state index in [9.17, 15) is 9.90 Å². The fraction of sp³-hybridized carbons (Fsp3) is 0.545. The molecule has 5 heteroatoms. The Balaban J connectivity index is 1.25. The van der Waals surface area contributed by atoms with Crippen molar-refractivity contribution < 1.29 is 9.90 Å². The molecule has 1 atom stereocenters. The maximum atomic E-state index is 13.0. The number of aliphatic hydroxyl groups is 1. The zero-order chi connectivity index (χ0) is 18.7. The number of carbonyl (C=O) groups excluding carboxylic acids is 1. The molecule has 1 aliphatic heterocycles. The molecule has 1 aromatic heterocycles. The van der Waals surface area contributed by atoms with Crippen LogP contribution >= 0.6 is 0 Å². The number of aryl methyl sites for hydroxylation is 1. The van der Waals surface area contributed by atoms with Gasteiger partial charge in [0.05, 0.1) is 17.8 Å². The smallest absolute Gasteiger partial charge is 0.230 e. The summed E-state index contributed by atoms with van der Waals surface area (Å²) >= 11 is 0. The molecule has 0 spiro atoms. The van der Waals surface area contributed by atoms with E-state index in [0.717, 1.165) is 58.2 Å². The number of benzene rings is 1. The highest BCUT2D eigenvalue weighted by molar-refractivity contribution is 5.85. The Kier molecular flexibility index (Phi) is 5.30. The van der Waals surface area contributed by atoms with Crippen LogP contribution in [0, 0.1) is 11.3 Å². The van der Waals surface area contributed by atoms with E-state index in [1.54, 1.807) is 12.5 Å². The predicted octanol–water partition coefficient (Wildman–Crippen LogP) is 2.90. The second-order valence-corrected chi connectivity index (χ2v) is 8.24. The zero-order valence-corrected chi connectivity index (χ0v) is 15.8. The van der Waals surface area contributed by atoms with Crippen LogP contribution in [0.25, 0.3) is 0 Å². The number of imidazole rings is 1. The fourth-order valence-corrected chi connectivity index (χ4v) is 4.34. The molecular weight excluding hydrogens is 338 g/mol. The molecule has 0 unspecified atom stereocenters. The van der Waals surface area contributed by atoms with Crippen molar-refractivity contribution in [2.45, 2.75) is 51.2 Å². The van der Waals surface area contributed by atoms with Crippen LogP contribution in [0.2, 0.25) is 0 Å². The normalized spacial score (nSPS) is 20.4. The molecule has 1 amide bonds. The lowest BCUT2D eigenvalue weighted by atomic mass is 9.87. The number of aromatic nitrogens is 2. The lowest BCUT2D eigenvalue weighted by Gasteiger charge is -2.36. The number of amides is 1. The number of piperidine rings is 1. The molecule has 0 bridgehead atoms. The molecule has 4 rings (SSSR count). The van der Waals surface area contributed by atoms with Crippen molar-refractivity contribution in [2.75, 3.05) is 13.1 Å². The summed E-state index contributed by atoms with van der Waals surface area (Å²) in [7, 11) is 0. The molecule has 27 heavy (non-hydrogen) atoms. The monoisotopic (exact) mass is 367 g/mol. The first kappa shape index (κ1) is 18.2. The summed E-state index contributed by atoms with van der Waals surface area (Å²) in [6.07, 6.45) is 10.7. The molecule has 144 valence electrons. The van der Waals surface area contributed by atoms with Crippen LogP contribution in [0.3, 0.4) is 0 Å². The van der Waals surface area contributed by atoms with Gasteiger partial charge in [-0.25, -0.2) is 4.98 Å². The van der Waals surface area contributed by atoms with E-state index in [-0.39, 0.29) is 11.5 Å². The van der Waals surface area contributed by atoms with E-state index < -0.39 is 0 Å². The SMILES string of the molecule is O=C(N1CCC([C@@H](O)CCc2ccccc2)CC1)C1(Cn2ccnc2)CC1. The molecule has 1 aromatic carbocycles. The third kappa shape index (κ3) is 4.24. The standard InChI is InChI=1S/C22H29N3O2/c26-20(7-6-18-4-2-1-3-5-18)19-8-13-25(14-9-19)21(27)22(10-11-22)16-24-15-12-23-17-24/h1-5,12,15,17,19-20,26H,6-11,13-14,16H2/t20-/m0/s1. The van der Waals surface area contributed by atoms with Crippen molar-refractivity contribution in [2.24, 2.45) is 11.3 Å². The van der Waals surface area contributed by atoms with Gasteiger partial charge in [-0.15, -0.1) is 0 Å². The van der Waals surface area contributed by atoms with Gasteiger partial charge in [0, 0.05) is 32.0 Å². The minimum Gasteiger partial charge on any atom is -0.393 e. The van der Waals surface area contributed by atoms with Crippen molar-refractivity contribution in [1.82, 2.24) is 14.5 Å². The van der Waals surface area contributed by atoms with Gasteiger partial charge in [-0.3, -0.25) is 4.79 Å². The van der Waals surface area contributed by atoms with Gasteiger partial charge in [-0.05, 0) is 50.0 Å². The number of nitrogens with zero attached hydrogens (tertiary/aromatic N) is 3. The van der Waals surface area contributed by atoms with Gasteiger partial charge in [-0.2, -0.15) is 0 Å². The van der Waals surface area contributed by atoms with Crippen molar-refractivity contribution in [3.63, 3.8) is 0 Å². The molecule has 1 saturated heterocycles. The first-order valence-corrected chi connectivity index (χ1v) is 10.1. The molecule has 2 heterocycles. The maximum Gasteiger partial charge on any atom is 0.230 e. The Bertz CT molecular complexity index is 732. The molecule has 1 N–H and O–H groups in total. The van der Waals surface area contributed by atoms with Gasteiger partial charge in [0.15, 0.2) is 0 Å². The molecule has 2 aromatic rings. The van der Waals surface area contributed by atoms with E-state index in [1.807, 2.05) is 33.9 Å². The highest BCUT2D eigenvalue weighted by Crippen LogP contribution is 2.49. The molecule has 2 aliphatic rings. The second-order valence-electron chi connectivity index (χ2n) is 8.24. The van der Waals surface area contributed by atoms with E-state index in [0.29, 0.717) is 11.8 Å². The quantitative estimate of drug-likeness (QED) is 0.819. The fourth-order valence-electron chi connectivity index (χ4n) is 4.34. The van der Waals surface area contributed by atoms with Crippen LogP contribution in [0.4, 0.5) is 0 Å². The lowest BCUT2D eigenvalue weighted by Crippen LogP contribution is -2.45. The molecular formula is C22H29N3O2. The number of hydrogen-bond acceptors (Lipinski definition) is 3. The minimum absolute atomic E-state index is 0.209. The van der Waals surface area contributed by atoms with Gasteiger partial charge in [-0.1, -0.05) is 30.3 Å². The van der Waals surface area contributed by atoms with Crippen molar-refractivity contribution in [1.29, 1.82) is 0 Å². The topological polar surface area (TPSA) is 58.4 Å². The van der Waals surface area contributed by atoms with Gasteiger partial charge < -0.3 is 14.6 Å². The van der Waals surface area contributed by atoms with Crippen LogP contribution < -0.4 is 0 Å². The van der Waals surface area contributed by atoms with Gasteiger partial charge in [0.2, 0.25) is 5.91 Å². The average Bonchev–Trinajstić information content (AvgIpc) is 3.31. The van der Waals surface area contributed by atoms with Gasteiger partial charge in [0.1, 0.15) is 0 Å². The van der Waals surface area contributed by atoms with Crippen LogP contribution in [0.15, 0.2) is 49.1 Å². The van der Waals surface area contributed by atoms with E-state index in [4.69, 9.17) is 0 Å². The van der Waals surface area contributed by atoms with E-state index in [1.165, 1.54) is 5.56 Å². The third-order valence-electron chi connectivity index (χ3n) is 6.29. The number of aliphatic hydroxyl groups excluding tert-OH is 1. The van der Waals surface area contributed by atoms with Crippen LogP contribution in [-0.2, 0) is 17.8 Å². The maximum absolute atomic E-state index is 13.0. The lowest BCUT2D eigenvalue weighted by molar-refractivity contribution is -0.139. The summed E-state index contributed by atoms with van der Waals surface area (Å²) in [4.78, 5) is 19.1. The Labute approximate surface area is 161 Å². The Hall–Kier alpha value is -2.14. The summed E-state index contributed by atoms with van der Waals surface area (Å²) in [5, 5.41) is 10.6. The molecule has 5 nitrogen and oxygen atoms in total. The summed E-state index contributed by atoms with van der Waals surface area (Å²) in [5.41, 5.74) is 1.07. The number of carbonyl (C=O) groups is 1. The van der Waals surface area contributed by atoms with Crippen molar-refractivity contribution in [3.05, 3.63) is 54.6 Å². The van der Waals surface area contributed by atoms with Crippen molar-refractivity contribution >= 4 is 5.91 Å². The van der Waals surface area contributed by atoms with Crippen LogP contribution in [0.5, 0.6) is 0 Å². The summed E-state index contributed by atoms with van der Waals surface area (Å²) in [6, 6.07) is 10.3. The molecule has 0 radical (unpaired) electrons. The van der Waals surface area contributed by atoms with Gasteiger partial charge in [0.25, 0.3) is 0 Å². The summed E-state index contributed by atoms with van der Waals surface area (Å²) in [5.74, 6) is 0.606. The molecule has 1 saturated carbocycles. The van der Waals surface area contributed by atoms with Gasteiger partial charge >= 0.3 is 0 Å². The average molecular weight is 367 g/mol. The van der Waals surface area contributed by atoms with Crippen LogP contribution in [-0.4, -0.2) is 44.7 Å². The third-order valence-corrected chi connectivity index (χ3v) is 6.29. The number of hydrogen-bond donors (Lipinski definition) is 1. The minimum atomic E-state index is -0.275.